The SMILES string of the molecule is CC[C@]12C=CC3=C4CCC(=O)C=C4CC[C@H]3[C@@H]1CC[C@@]2(O)CCl. The van der Waals surface area contributed by atoms with Crippen LogP contribution in [0.25, 0.3) is 0 Å². The van der Waals surface area contributed by atoms with Gasteiger partial charge in [0.2, 0.25) is 0 Å². The molecule has 1 fully saturated rings. The Balaban J connectivity index is 1.83. The van der Waals surface area contributed by atoms with Gasteiger partial charge in [-0.3, -0.25) is 4.79 Å². The summed E-state index contributed by atoms with van der Waals surface area (Å²) >= 11 is 6.20. The molecule has 0 saturated heterocycles. The molecule has 4 aliphatic rings. The summed E-state index contributed by atoms with van der Waals surface area (Å²) in [7, 11) is 0. The van der Waals surface area contributed by atoms with Gasteiger partial charge in [-0.05, 0) is 73.2 Å². The normalized spacial score (nSPS) is 42.2. The summed E-state index contributed by atoms with van der Waals surface area (Å²) in [5.74, 6) is 1.61. The summed E-state index contributed by atoms with van der Waals surface area (Å²) in [4.78, 5) is 11.7. The quantitative estimate of drug-likeness (QED) is 0.764. The van der Waals surface area contributed by atoms with Crippen LogP contribution in [0.15, 0.2) is 34.9 Å². The Bertz CT molecular complexity index is 644. The predicted molar refractivity (Wildman–Crippen MR) is 92.3 cm³/mol. The van der Waals surface area contributed by atoms with Gasteiger partial charge in [-0.15, -0.1) is 11.6 Å². The van der Waals surface area contributed by atoms with E-state index in [4.69, 9.17) is 11.6 Å². The number of hydrogen-bond acceptors (Lipinski definition) is 2. The van der Waals surface area contributed by atoms with E-state index in [1.807, 2.05) is 6.08 Å². The maximum Gasteiger partial charge on any atom is 0.156 e. The molecule has 3 heteroatoms. The summed E-state index contributed by atoms with van der Waals surface area (Å²) in [6, 6.07) is 0. The highest BCUT2D eigenvalue weighted by atomic mass is 35.5. The molecule has 0 bridgehead atoms. The Kier molecular flexibility index (Phi) is 3.62. The minimum absolute atomic E-state index is 0.171. The third-order valence-corrected chi connectivity index (χ3v) is 7.51. The maximum atomic E-state index is 11.7. The van der Waals surface area contributed by atoms with Gasteiger partial charge in [0.15, 0.2) is 5.78 Å². The molecule has 1 N–H and O–H groups in total. The van der Waals surface area contributed by atoms with E-state index in [1.165, 1.54) is 16.7 Å². The summed E-state index contributed by atoms with van der Waals surface area (Å²) < 4.78 is 0. The molecule has 0 heterocycles. The average molecular weight is 333 g/mol. The van der Waals surface area contributed by atoms with Gasteiger partial charge in [-0.2, -0.15) is 0 Å². The minimum atomic E-state index is -0.765. The lowest BCUT2D eigenvalue weighted by molar-refractivity contribution is -0.114. The van der Waals surface area contributed by atoms with Gasteiger partial charge < -0.3 is 5.11 Å². The molecule has 0 aliphatic heterocycles. The molecule has 0 unspecified atom stereocenters. The molecule has 0 aromatic carbocycles. The van der Waals surface area contributed by atoms with Crippen molar-refractivity contribution in [3.8, 4) is 0 Å². The van der Waals surface area contributed by atoms with E-state index in [2.05, 4.69) is 19.1 Å². The standard InChI is InChI=1S/C20H25ClO2/c1-2-19-9-7-16-15-6-4-14(22)11-13(15)3-5-17(16)18(19)8-10-20(19,23)12-21/h7,9,11,17-18,23H,2-6,8,10,12H2,1H3/t17-,18+,19+,20-/m1/s1. The highest BCUT2D eigenvalue weighted by Gasteiger charge is 2.60. The van der Waals surface area contributed by atoms with E-state index in [0.29, 0.717) is 24.1 Å². The van der Waals surface area contributed by atoms with Crippen LogP contribution in [0.3, 0.4) is 0 Å². The lowest BCUT2D eigenvalue weighted by atomic mass is 9.56. The van der Waals surface area contributed by atoms with E-state index in [0.717, 1.165) is 38.5 Å². The van der Waals surface area contributed by atoms with Gasteiger partial charge in [0.25, 0.3) is 0 Å². The van der Waals surface area contributed by atoms with E-state index >= 15 is 0 Å². The zero-order chi connectivity index (χ0) is 16.2. The Morgan fingerprint density at radius 3 is 2.87 bits per heavy atom. The molecule has 0 spiro atoms. The third kappa shape index (κ3) is 2.01. The number of aliphatic hydroxyl groups is 1. The Hall–Kier alpha value is -0.860. The topological polar surface area (TPSA) is 37.3 Å². The largest absolute Gasteiger partial charge is 0.388 e. The van der Waals surface area contributed by atoms with Crippen LogP contribution in [0.5, 0.6) is 0 Å². The van der Waals surface area contributed by atoms with Crippen molar-refractivity contribution in [2.75, 3.05) is 5.88 Å². The first-order chi connectivity index (χ1) is 11.0. The van der Waals surface area contributed by atoms with Crippen LogP contribution < -0.4 is 0 Å². The van der Waals surface area contributed by atoms with Crippen molar-refractivity contribution in [2.24, 2.45) is 17.3 Å². The fraction of sp³-hybridized carbons (Fsp3) is 0.650. The Labute approximate surface area is 143 Å². The minimum Gasteiger partial charge on any atom is -0.388 e. The number of fused-ring (bicyclic) bond motifs is 4. The fourth-order valence-electron chi connectivity index (χ4n) is 5.85. The molecule has 0 aromatic rings. The predicted octanol–water partition coefficient (Wildman–Crippen LogP) is 4.33. The number of rotatable bonds is 2. The van der Waals surface area contributed by atoms with Crippen molar-refractivity contribution in [2.45, 2.75) is 57.5 Å². The monoisotopic (exact) mass is 332 g/mol. The van der Waals surface area contributed by atoms with Gasteiger partial charge in [0, 0.05) is 11.8 Å². The second-order valence-electron chi connectivity index (χ2n) is 7.75. The number of alkyl halides is 1. The number of ketones is 1. The fourth-order valence-corrected chi connectivity index (χ4v) is 6.24. The molecule has 0 aromatic heterocycles. The van der Waals surface area contributed by atoms with E-state index in [-0.39, 0.29) is 11.2 Å². The van der Waals surface area contributed by atoms with Gasteiger partial charge in [0.05, 0.1) is 11.5 Å². The highest BCUT2D eigenvalue weighted by molar-refractivity contribution is 6.18. The molecule has 1 saturated carbocycles. The van der Waals surface area contributed by atoms with Crippen LogP contribution in [0, 0.1) is 17.3 Å². The van der Waals surface area contributed by atoms with Crippen LogP contribution >= 0.6 is 11.6 Å². The number of carbonyl (C=O) groups is 1. The van der Waals surface area contributed by atoms with Crippen molar-refractivity contribution in [3.05, 3.63) is 34.9 Å². The van der Waals surface area contributed by atoms with Crippen LogP contribution in [0.4, 0.5) is 0 Å². The molecule has 23 heavy (non-hydrogen) atoms. The summed E-state index contributed by atoms with van der Waals surface area (Å²) in [6.07, 6.45) is 12.9. The van der Waals surface area contributed by atoms with Crippen molar-refractivity contribution in [1.82, 2.24) is 0 Å². The second kappa shape index (κ2) is 5.32. The molecule has 0 amide bonds. The van der Waals surface area contributed by atoms with E-state index < -0.39 is 5.60 Å². The number of allylic oxidation sites excluding steroid dienone is 5. The number of halogens is 1. The van der Waals surface area contributed by atoms with Crippen molar-refractivity contribution < 1.29 is 9.90 Å². The molecular formula is C20H25ClO2. The first-order valence-electron chi connectivity index (χ1n) is 8.99. The smallest absolute Gasteiger partial charge is 0.156 e. The van der Waals surface area contributed by atoms with Crippen LogP contribution in [0.2, 0.25) is 0 Å². The lowest BCUT2D eigenvalue weighted by Crippen LogP contribution is -2.50. The van der Waals surface area contributed by atoms with E-state index in [9.17, 15) is 9.90 Å². The summed E-state index contributed by atoms with van der Waals surface area (Å²) in [6.45, 7) is 2.19. The summed E-state index contributed by atoms with van der Waals surface area (Å²) in [5, 5.41) is 11.1. The van der Waals surface area contributed by atoms with Crippen molar-refractivity contribution in [1.29, 1.82) is 0 Å². The van der Waals surface area contributed by atoms with Crippen molar-refractivity contribution >= 4 is 17.4 Å². The highest BCUT2D eigenvalue weighted by Crippen LogP contribution is 2.62. The Morgan fingerprint density at radius 1 is 1.30 bits per heavy atom. The molecule has 4 rings (SSSR count). The van der Waals surface area contributed by atoms with Crippen molar-refractivity contribution in [3.63, 3.8) is 0 Å². The van der Waals surface area contributed by atoms with Crippen LogP contribution in [-0.4, -0.2) is 22.4 Å². The van der Waals surface area contributed by atoms with Gasteiger partial charge >= 0.3 is 0 Å². The molecule has 2 nitrogen and oxygen atoms in total. The van der Waals surface area contributed by atoms with Gasteiger partial charge in [-0.1, -0.05) is 19.1 Å². The zero-order valence-corrected chi connectivity index (χ0v) is 14.5. The first kappa shape index (κ1) is 15.7. The summed E-state index contributed by atoms with van der Waals surface area (Å²) in [5.41, 5.74) is 3.20. The maximum absolute atomic E-state index is 11.7. The second-order valence-corrected chi connectivity index (χ2v) is 8.02. The lowest BCUT2D eigenvalue weighted by Gasteiger charge is -2.49. The Morgan fingerprint density at radius 2 is 2.13 bits per heavy atom. The number of hydrogen-bond donors (Lipinski definition) is 1. The van der Waals surface area contributed by atoms with E-state index in [1.54, 1.807) is 0 Å². The molecule has 0 radical (unpaired) electrons. The zero-order valence-electron chi connectivity index (χ0n) is 13.8. The first-order valence-corrected chi connectivity index (χ1v) is 9.52. The molecule has 124 valence electrons. The molecular weight excluding hydrogens is 308 g/mol. The van der Waals surface area contributed by atoms with Gasteiger partial charge in [-0.25, -0.2) is 0 Å². The van der Waals surface area contributed by atoms with Crippen LogP contribution in [-0.2, 0) is 4.79 Å². The average Bonchev–Trinajstić information content (AvgIpc) is 2.88. The molecule has 4 aliphatic carbocycles. The number of carbonyl (C=O) groups excluding carboxylic acids is 1. The van der Waals surface area contributed by atoms with Crippen LogP contribution in [0.1, 0.15) is 51.9 Å². The van der Waals surface area contributed by atoms with Gasteiger partial charge in [0.1, 0.15) is 0 Å². The third-order valence-electron chi connectivity index (χ3n) is 7.07. The molecule has 4 atom stereocenters.